The van der Waals surface area contributed by atoms with Gasteiger partial charge in [-0.05, 0) is 32.1 Å². The molecule has 0 bridgehead atoms. The monoisotopic (exact) mass is 357 g/mol. The van der Waals surface area contributed by atoms with E-state index in [0.717, 1.165) is 38.5 Å². The van der Waals surface area contributed by atoms with Gasteiger partial charge in [0, 0.05) is 39.0 Å². The first-order valence-electron chi connectivity index (χ1n) is 9.18. The van der Waals surface area contributed by atoms with Crippen LogP contribution < -0.4 is 10.6 Å². The first-order chi connectivity index (χ1) is 12.0. The first kappa shape index (κ1) is 21.2. The van der Waals surface area contributed by atoms with Crippen LogP contribution in [0.5, 0.6) is 0 Å². The van der Waals surface area contributed by atoms with Crippen molar-refractivity contribution in [1.82, 2.24) is 15.5 Å². The molecule has 8 nitrogen and oxygen atoms in total. The summed E-state index contributed by atoms with van der Waals surface area (Å²) in [6, 6.07) is 0. The molecule has 0 aromatic rings. The van der Waals surface area contributed by atoms with E-state index in [1.165, 1.54) is 0 Å². The van der Waals surface area contributed by atoms with Crippen LogP contribution >= 0.6 is 0 Å². The highest BCUT2D eigenvalue weighted by Gasteiger charge is 2.23. The van der Waals surface area contributed by atoms with Crippen LogP contribution in [0, 0.1) is 0 Å². The maximum Gasteiger partial charge on any atom is 0.404 e. The molecule has 1 fully saturated rings. The second-order valence-electron chi connectivity index (χ2n) is 6.49. The highest BCUT2D eigenvalue weighted by Crippen LogP contribution is 2.12. The van der Waals surface area contributed by atoms with Crippen LogP contribution in [0.15, 0.2) is 0 Å². The number of unbranched alkanes of at least 4 members (excludes halogenated alkanes) is 4. The largest absolute Gasteiger partial charge is 0.465 e. The van der Waals surface area contributed by atoms with E-state index in [9.17, 15) is 19.5 Å². The van der Waals surface area contributed by atoms with Crippen molar-refractivity contribution >= 4 is 17.9 Å². The normalized spacial score (nSPS) is 16.7. The smallest absolute Gasteiger partial charge is 0.404 e. The minimum atomic E-state index is -1.02. The molecule has 0 spiro atoms. The van der Waals surface area contributed by atoms with Gasteiger partial charge in [-0.1, -0.05) is 12.8 Å². The van der Waals surface area contributed by atoms with Crippen LogP contribution in [0.2, 0.25) is 0 Å². The van der Waals surface area contributed by atoms with E-state index in [2.05, 4.69) is 10.6 Å². The summed E-state index contributed by atoms with van der Waals surface area (Å²) in [5.74, 6) is 0.131. The summed E-state index contributed by atoms with van der Waals surface area (Å²) >= 11 is 0. The summed E-state index contributed by atoms with van der Waals surface area (Å²) < 4.78 is 0. The molecular weight excluding hydrogens is 326 g/mol. The van der Waals surface area contributed by atoms with Gasteiger partial charge in [-0.15, -0.1) is 0 Å². The van der Waals surface area contributed by atoms with Crippen LogP contribution in [-0.2, 0) is 9.59 Å². The second-order valence-corrected chi connectivity index (χ2v) is 6.49. The summed E-state index contributed by atoms with van der Waals surface area (Å²) in [5, 5.41) is 23.0. The number of aliphatic hydroxyl groups is 1. The third-order valence-corrected chi connectivity index (χ3v) is 4.26. The van der Waals surface area contributed by atoms with E-state index in [4.69, 9.17) is 5.11 Å². The van der Waals surface area contributed by atoms with Gasteiger partial charge in [-0.2, -0.15) is 0 Å². The minimum absolute atomic E-state index is 0.0216. The standard InChI is InChI=1S/C17H31N3O5/c21-14-9-12-20(13-14)16(23)8-4-2-5-10-18-15(22)7-3-1-6-11-19-17(24)25/h14,19,21H,1-13H2,(H,18,22)(H,24,25). The lowest BCUT2D eigenvalue weighted by Gasteiger charge is -2.15. The fraction of sp³-hybridized carbons (Fsp3) is 0.824. The fourth-order valence-corrected chi connectivity index (χ4v) is 2.80. The van der Waals surface area contributed by atoms with Gasteiger partial charge in [0.2, 0.25) is 11.8 Å². The van der Waals surface area contributed by atoms with Crippen molar-refractivity contribution in [3.05, 3.63) is 0 Å². The van der Waals surface area contributed by atoms with Gasteiger partial charge >= 0.3 is 6.09 Å². The fourth-order valence-electron chi connectivity index (χ4n) is 2.80. The molecule has 0 radical (unpaired) electrons. The lowest BCUT2D eigenvalue weighted by Crippen LogP contribution is -2.29. The predicted octanol–water partition coefficient (Wildman–Crippen LogP) is 1.08. The summed E-state index contributed by atoms with van der Waals surface area (Å²) in [6.07, 6.45) is 5.11. The number of β-amino-alcohol motifs (C(OH)–C–C–N with tert-alkyl or cyclic N) is 1. The summed E-state index contributed by atoms with van der Waals surface area (Å²) in [6.45, 7) is 2.16. The molecule has 0 aromatic heterocycles. The topological polar surface area (TPSA) is 119 Å². The summed E-state index contributed by atoms with van der Waals surface area (Å²) in [5.41, 5.74) is 0. The van der Waals surface area contributed by atoms with Crippen molar-refractivity contribution in [3.63, 3.8) is 0 Å². The maximum absolute atomic E-state index is 11.9. The van der Waals surface area contributed by atoms with Crippen molar-refractivity contribution < 1.29 is 24.6 Å². The first-order valence-corrected chi connectivity index (χ1v) is 9.18. The number of carboxylic acid groups (broad SMARTS) is 1. The van der Waals surface area contributed by atoms with Crippen LogP contribution in [0.4, 0.5) is 4.79 Å². The number of nitrogens with one attached hydrogen (secondary N) is 2. The highest BCUT2D eigenvalue weighted by atomic mass is 16.4. The van der Waals surface area contributed by atoms with Crippen LogP contribution in [-0.4, -0.2) is 65.3 Å². The van der Waals surface area contributed by atoms with Crippen LogP contribution in [0.1, 0.15) is 57.8 Å². The number of hydrogen-bond donors (Lipinski definition) is 4. The van der Waals surface area contributed by atoms with E-state index >= 15 is 0 Å². The van der Waals surface area contributed by atoms with Gasteiger partial charge in [0.15, 0.2) is 0 Å². The summed E-state index contributed by atoms with van der Waals surface area (Å²) in [7, 11) is 0. The Morgan fingerprint density at radius 3 is 2.16 bits per heavy atom. The molecule has 0 aliphatic carbocycles. The third kappa shape index (κ3) is 10.6. The molecule has 1 aliphatic rings. The van der Waals surface area contributed by atoms with E-state index in [0.29, 0.717) is 45.4 Å². The van der Waals surface area contributed by atoms with Crippen molar-refractivity contribution in [2.75, 3.05) is 26.2 Å². The van der Waals surface area contributed by atoms with Gasteiger partial charge < -0.3 is 25.7 Å². The maximum atomic E-state index is 11.9. The van der Waals surface area contributed by atoms with Gasteiger partial charge in [0.05, 0.1) is 6.10 Å². The van der Waals surface area contributed by atoms with Crippen molar-refractivity contribution in [2.45, 2.75) is 63.9 Å². The SMILES string of the molecule is O=C(O)NCCCCCC(=O)NCCCCCC(=O)N1CCC(O)C1. The Balaban J connectivity index is 1.88. The summed E-state index contributed by atoms with van der Waals surface area (Å²) in [4.78, 5) is 35.5. The van der Waals surface area contributed by atoms with Crippen molar-refractivity contribution in [1.29, 1.82) is 0 Å². The highest BCUT2D eigenvalue weighted by molar-refractivity contribution is 5.76. The Kier molecular flexibility index (Phi) is 10.6. The average molecular weight is 357 g/mol. The molecular formula is C17H31N3O5. The van der Waals surface area contributed by atoms with Gasteiger partial charge in [-0.3, -0.25) is 9.59 Å². The van der Waals surface area contributed by atoms with Crippen molar-refractivity contribution in [3.8, 4) is 0 Å². The van der Waals surface area contributed by atoms with E-state index in [1.807, 2.05) is 0 Å². The van der Waals surface area contributed by atoms with Crippen LogP contribution in [0.3, 0.4) is 0 Å². The number of likely N-dealkylation sites (tertiary alicyclic amines) is 1. The zero-order chi connectivity index (χ0) is 18.5. The molecule has 3 amide bonds. The van der Waals surface area contributed by atoms with E-state index in [-0.39, 0.29) is 17.9 Å². The van der Waals surface area contributed by atoms with Gasteiger partial charge in [0.25, 0.3) is 0 Å². The van der Waals surface area contributed by atoms with Crippen molar-refractivity contribution in [2.24, 2.45) is 0 Å². The molecule has 1 heterocycles. The Morgan fingerprint density at radius 2 is 1.56 bits per heavy atom. The Labute approximate surface area is 149 Å². The molecule has 4 N–H and O–H groups in total. The lowest BCUT2D eigenvalue weighted by atomic mass is 10.1. The molecule has 0 saturated carbocycles. The average Bonchev–Trinajstić information content (AvgIpc) is 3.00. The van der Waals surface area contributed by atoms with Gasteiger partial charge in [-0.25, -0.2) is 4.79 Å². The number of carbonyl (C=O) groups excluding carboxylic acids is 2. The molecule has 8 heteroatoms. The zero-order valence-corrected chi connectivity index (χ0v) is 14.8. The molecule has 1 saturated heterocycles. The number of carbonyl (C=O) groups is 3. The molecule has 1 rings (SSSR count). The lowest BCUT2D eigenvalue weighted by molar-refractivity contribution is -0.130. The molecule has 1 unspecified atom stereocenters. The molecule has 144 valence electrons. The molecule has 0 aromatic carbocycles. The Bertz CT molecular complexity index is 431. The third-order valence-electron chi connectivity index (χ3n) is 4.26. The second kappa shape index (κ2) is 12.5. The quantitative estimate of drug-likeness (QED) is 0.390. The number of nitrogens with zero attached hydrogens (tertiary/aromatic N) is 1. The zero-order valence-electron chi connectivity index (χ0n) is 14.8. The minimum Gasteiger partial charge on any atom is -0.465 e. The number of rotatable bonds is 12. The predicted molar refractivity (Wildman–Crippen MR) is 93.2 cm³/mol. The molecule has 25 heavy (non-hydrogen) atoms. The molecule has 1 atom stereocenters. The van der Waals surface area contributed by atoms with E-state index < -0.39 is 6.09 Å². The molecule has 1 aliphatic heterocycles. The van der Waals surface area contributed by atoms with E-state index in [1.54, 1.807) is 4.90 Å². The number of hydrogen-bond acceptors (Lipinski definition) is 4. The Hall–Kier alpha value is -1.83. The van der Waals surface area contributed by atoms with Gasteiger partial charge in [0.1, 0.15) is 0 Å². The number of aliphatic hydroxyl groups excluding tert-OH is 1. The van der Waals surface area contributed by atoms with Crippen LogP contribution in [0.25, 0.3) is 0 Å². The Morgan fingerprint density at radius 1 is 0.920 bits per heavy atom. The number of amides is 3.